The molecule has 1 saturated carbocycles. The summed E-state index contributed by atoms with van der Waals surface area (Å²) in [6.07, 6.45) is -1.87. The van der Waals surface area contributed by atoms with Gasteiger partial charge < -0.3 is 16.0 Å². The zero-order valence-electron chi connectivity index (χ0n) is 11.3. The van der Waals surface area contributed by atoms with Gasteiger partial charge in [-0.25, -0.2) is 0 Å². The Hall–Kier alpha value is -1.92. The molecule has 0 atom stereocenters. The summed E-state index contributed by atoms with van der Waals surface area (Å²) in [6.45, 7) is -1.02. The van der Waals surface area contributed by atoms with Gasteiger partial charge in [0.1, 0.15) is 6.54 Å². The first-order chi connectivity index (χ1) is 9.83. The molecule has 3 N–H and O–H groups in total. The van der Waals surface area contributed by atoms with Crippen molar-refractivity contribution in [3.63, 3.8) is 0 Å². The summed E-state index contributed by atoms with van der Waals surface area (Å²) in [6, 6.07) is 3.13. The quantitative estimate of drug-likeness (QED) is 0.844. The van der Waals surface area contributed by atoms with Gasteiger partial charge in [-0.15, -0.1) is 0 Å². The third kappa shape index (κ3) is 3.06. The number of carbonyl (C=O) groups is 1. The maximum Gasteiger partial charge on any atom is 0.405 e. The van der Waals surface area contributed by atoms with Gasteiger partial charge in [0.2, 0.25) is 5.91 Å². The number of nitrogens with two attached hydrogens (primary N) is 1. The number of benzene rings is 1. The number of carbonyl (C=O) groups excluding carboxylic acids is 1. The van der Waals surface area contributed by atoms with Crippen molar-refractivity contribution in [3.8, 4) is 0 Å². The highest BCUT2D eigenvalue weighted by molar-refractivity contribution is 5.95. The van der Waals surface area contributed by atoms with E-state index in [2.05, 4.69) is 5.32 Å². The third-order valence-electron chi connectivity index (χ3n) is 3.79. The summed E-state index contributed by atoms with van der Waals surface area (Å²) in [4.78, 5) is 12.7. The largest absolute Gasteiger partial charge is 0.405 e. The number of amides is 1. The monoisotopic (exact) mass is 299 g/mol. The van der Waals surface area contributed by atoms with Crippen LogP contribution in [0.2, 0.25) is 0 Å². The van der Waals surface area contributed by atoms with Crippen LogP contribution >= 0.6 is 0 Å². The van der Waals surface area contributed by atoms with Gasteiger partial charge in [-0.3, -0.25) is 4.79 Å². The van der Waals surface area contributed by atoms with Crippen molar-refractivity contribution in [2.24, 2.45) is 0 Å². The fraction of sp³-hybridized carbons (Fsp3) is 0.500. The van der Waals surface area contributed by atoms with Crippen LogP contribution in [0.4, 0.5) is 30.2 Å². The SMILES string of the molecule is Nc1cc2c(cc1N(CC(F)(F)F)C1CC1)NC(=O)CC2. The van der Waals surface area contributed by atoms with Crippen LogP contribution in [0, 0.1) is 0 Å². The molecule has 1 aliphatic heterocycles. The maximum absolute atomic E-state index is 12.8. The number of hydrogen-bond acceptors (Lipinski definition) is 3. The zero-order chi connectivity index (χ0) is 15.2. The number of nitrogens with one attached hydrogen (secondary N) is 1. The summed E-state index contributed by atoms with van der Waals surface area (Å²) < 4.78 is 38.3. The molecule has 0 unspecified atom stereocenters. The van der Waals surface area contributed by atoms with Gasteiger partial charge in [0, 0.05) is 18.2 Å². The van der Waals surface area contributed by atoms with Crippen molar-refractivity contribution in [3.05, 3.63) is 17.7 Å². The first-order valence-corrected chi connectivity index (χ1v) is 6.89. The Bertz CT molecular complexity index is 582. The van der Waals surface area contributed by atoms with Crippen LogP contribution in [0.1, 0.15) is 24.8 Å². The number of nitrogens with zero attached hydrogens (tertiary/aromatic N) is 1. The lowest BCUT2D eigenvalue weighted by Crippen LogP contribution is -2.36. The Kier molecular flexibility index (Phi) is 3.22. The second-order valence-electron chi connectivity index (χ2n) is 5.59. The fourth-order valence-corrected chi connectivity index (χ4v) is 2.68. The van der Waals surface area contributed by atoms with Crippen LogP contribution in [0.15, 0.2) is 12.1 Å². The average Bonchev–Trinajstić information content (AvgIpc) is 3.19. The highest BCUT2D eigenvalue weighted by Crippen LogP contribution is 2.40. The smallest absolute Gasteiger partial charge is 0.397 e. The van der Waals surface area contributed by atoms with Gasteiger partial charge in [-0.05, 0) is 37.0 Å². The number of aryl methyl sites for hydroxylation is 1. The van der Waals surface area contributed by atoms with Crippen molar-refractivity contribution in [2.45, 2.75) is 37.9 Å². The molecule has 0 saturated heterocycles. The van der Waals surface area contributed by atoms with E-state index in [0.717, 1.165) is 18.4 Å². The van der Waals surface area contributed by atoms with E-state index in [0.29, 0.717) is 29.9 Å². The first-order valence-electron chi connectivity index (χ1n) is 6.89. The lowest BCUT2D eigenvalue weighted by Gasteiger charge is -2.29. The van der Waals surface area contributed by atoms with Gasteiger partial charge in [0.05, 0.1) is 11.4 Å². The minimum atomic E-state index is -4.28. The molecule has 1 heterocycles. The van der Waals surface area contributed by atoms with E-state index in [9.17, 15) is 18.0 Å². The topological polar surface area (TPSA) is 58.4 Å². The van der Waals surface area contributed by atoms with E-state index in [1.165, 1.54) is 4.90 Å². The molecule has 4 nitrogen and oxygen atoms in total. The number of alkyl halides is 3. The predicted molar refractivity (Wildman–Crippen MR) is 74.2 cm³/mol. The van der Waals surface area contributed by atoms with Gasteiger partial charge in [0.25, 0.3) is 0 Å². The van der Waals surface area contributed by atoms with Crippen LogP contribution in [-0.4, -0.2) is 24.7 Å². The summed E-state index contributed by atoms with van der Waals surface area (Å²) in [5.74, 6) is -0.119. The van der Waals surface area contributed by atoms with Crippen molar-refractivity contribution >= 4 is 23.0 Å². The van der Waals surface area contributed by atoms with Crippen LogP contribution in [0.5, 0.6) is 0 Å². The van der Waals surface area contributed by atoms with Crippen molar-refractivity contribution in [1.82, 2.24) is 0 Å². The highest BCUT2D eigenvalue weighted by atomic mass is 19.4. The molecule has 0 spiro atoms. The minimum Gasteiger partial charge on any atom is -0.397 e. The molecule has 1 fully saturated rings. The van der Waals surface area contributed by atoms with Crippen molar-refractivity contribution in [1.29, 1.82) is 0 Å². The average molecular weight is 299 g/mol. The number of fused-ring (bicyclic) bond motifs is 1. The van der Waals surface area contributed by atoms with E-state index < -0.39 is 12.7 Å². The van der Waals surface area contributed by atoms with E-state index in [-0.39, 0.29) is 11.9 Å². The molecule has 0 bridgehead atoms. The molecule has 1 amide bonds. The Morgan fingerprint density at radius 2 is 2.00 bits per heavy atom. The zero-order valence-corrected chi connectivity index (χ0v) is 11.3. The molecule has 1 aromatic carbocycles. The lowest BCUT2D eigenvalue weighted by atomic mass is 10.0. The summed E-state index contributed by atoms with van der Waals surface area (Å²) in [5, 5.41) is 2.70. The standard InChI is InChI=1S/C14H16F3N3O/c15-14(16,17)7-20(9-2-3-9)12-6-11-8(5-10(12)18)1-4-13(21)19-11/h5-6,9H,1-4,7,18H2,(H,19,21). The fourth-order valence-electron chi connectivity index (χ4n) is 2.68. The van der Waals surface area contributed by atoms with Crippen LogP contribution in [0.25, 0.3) is 0 Å². The number of anilines is 3. The molecule has 7 heteroatoms. The highest BCUT2D eigenvalue weighted by Gasteiger charge is 2.39. The van der Waals surface area contributed by atoms with Crippen LogP contribution in [-0.2, 0) is 11.2 Å². The lowest BCUT2D eigenvalue weighted by molar-refractivity contribution is -0.120. The molecular formula is C14H16F3N3O. The summed E-state index contributed by atoms with van der Waals surface area (Å²) >= 11 is 0. The Morgan fingerprint density at radius 1 is 1.29 bits per heavy atom. The first kappa shape index (κ1) is 14.0. The minimum absolute atomic E-state index is 0.119. The van der Waals surface area contributed by atoms with Gasteiger partial charge in [0.15, 0.2) is 0 Å². The number of rotatable bonds is 3. The summed E-state index contributed by atoms with van der Waals surface area (Å²) in [5.41, 5.74) is 8.08. The second kappa shape index (κ2) is 4.82. The van der Waals surface area contributed by atoms with Gasteiger partial charge in [-0.1, -0.05) is 0 Å². The molecule has 1 aliphatic carbocycles. The molecule has 0 radical (unpaired) electrons. The van der Waals surface area contributed by atoms with E-state index in [4.69, 9.17) is 5.73 Å². The van der Waals surface area contributed by atoms with Crippen LogP contribution in [0.3, 0.4) is 0 Å². The number of nitrogen functional groups attached to an aromatic ring is 1. The molecule has 2 aliphatic rings. The number of hydrogen-bond donors (Lipinski definition) is 2. The molecular weight excluding hydrogens is 283 g/mol. The Morgan fingerprint density at radius 3 is 2.62 bits per heavy atom. The second-order valence-corrected chi connectivity index (χ2v) is 5.59. The molecule has 114 valence electrons. The van der Waals surface area contributed by atoms with E-state index >= 15 is 0 Å². The number of halogens is 3. The van der Waals surface area contributed by atoms with Crippen LogP contribution < -0.4 is 16.0 Å². The van der Waals surface area contributed by atoms with Crippen molar-refractivity contribution < 1.29 is 18.0 Å². The normalized spacial score (nSPS) is 18.1. The predicted octanol–water partition coefficient (Wildman–Crippen LogP) is 2.68. The molecule has 21 heavy (non-hydrogen) atoms. The molecule has 0 aromatic heterocycles. The van der Waals surface area contributed by atoms with Gasteiger partial charge in [-0.2, -0.15) is 13.2 Å². The Labute approximate surface area is 120 Å². The molecule has 3 rings (SSSR count). The van der Waals surface area contributed by atoms with E-state index in [1.807, 2.05) is 0 Å². The third-order valence-corrected chi connectivity index (χ3v) is 3.79. The van der Waals surface area contributed by atoms with Gasteiger partial charge >= 0.3 is 6.18 Å². The van der Waals surface area contributed by atoms with E-state index in [1.54, 1.807) is 12.1 Å². The maximum atomic E-state index is 12.8. The summed E-state index contributed by atoms with van der Waals surface area (Å²) in [7, 11) is 0. The Balaban J connectivity index is 1.96. The van der Waals surface area contributed by atoms with Crippen molar-refractivity contribution in [2.75, 3.05) is 22.5 Å². The molecule has 1 aromatic rings.